The van der Waals surface area contributed by atoms with E-state index in [1.54, 1.807) is 6.20 Å². The van der Waals surface area contributed by atoms with Crippen LogP contribution in [0, 0.1) is 0 Å². The summed E-state index contributed by atoms with van der Waals surface area (Å²) in [7, 11) is 5.70. The van der Waals surface area contributed by atoms with Crippen molar-refractivity contribution < 1.29 is 0 Å². The van der Waals surface area contributed by atoms with Crippen LogP contribution in [0.1, 0.15) is 51.9 Å². The fourth-order valence-electron chi connectivity index (χ4n) is 0.993. The average molecular weight is 190 g/mol. The number of aromatic nitrogens is 2. The van der Waals surface area contributed by atoms with Gasteiger partial charge in [0.25, 0.3) is 0 Å². The molecule has 0 spiro atoms. The summed E-state index contributed by atoms with van der Waals surface area (Å²) in [4.78, 5) is 8.49. The molecule has 1 aromatic heterocycles. The summed E-state index contributed by atoms with van der Waals surface area (Å²) >= 11 is 0. The van der Waals surface area contributed by atoms with E-state index in [-0.39, 0.29) is 0 Å². The molecule has 0 amide bonds. The van der Waals surface area contributed by atoms with E-state index in [0.29, 0.717) is 11.5 Å². The minimum absolute atomic E-state index is 0.394. The van der Waals surface area contributed by atoms with Crippen molar-refractivity contribution in [1.82, 2.24) is 9.97 Å². The monoisotopic (exact) mass is 190 g/mol. The predicted octanol–water partition coefficient (Wildman–Crippen LogP) is 1.98. The minimum atomic E-state index is 0.394. The zero-order chi connectivity index (χ0) is 11.1. The maximum absolute atomic E-state index is 5.70. The third-order valence-electron chi connectivity index (χ3n) is 1.82. The fraction of sp³-hybridized carbons (Fsp3) is 0.636. The van der Waals surface area contributed by atoms with E-state index < -0.39 is 0 Å². The molecule has 2 radical (unpaired) electrons. The van der Waals surface area contributed by atoms with Gasteiger partial charge in [-0.15, -0.1) is 0 Å². The Bertz CT molecular complexity index is 272. The van der Waals surface area contributed by atoms with Gasteiger partial charge in [-0.2, -0.15) is 0 Å². The summed E-state index contributed by atoms with van der Waals surface area (Å²) < 4.78 is 0. The molecule has 0 saturated carbocycles. The molecule has 0 N–H and O–H groups in total. The van der Waals surface area contributed by atoms with Crippen molar-refractivity contribution in [1.29, 1.82) is 0 Å². The zero-order valence-electron chi connectivity index (χ0n) is 9.83. The van der Waals surface area contributed by atoms with Crippen molar-refractivity contribution in [2.45, 2.75) is 47.0 Å². The highest BCUT2D eigenvalue weighted by atomic mass is 14.8. The third-order valence-corrected chi connectivity index (χ3v) is 1.82. The van der Waals surface area contributed by atoms with Crippen molar-refractivity contribution in [3.05, 3.63) is 17.6 Å². The SMILES string of the molecule is CC.[B]c1nc(C(C)C)cnc1CC. The van der Waals surface area contributed by atoms with Crippen LogP contribution in [-0.2, 0) is 6.42 Å². The van der Waals surface area contributed by atoms with Crippen LogP contribution in [0.15, 0.2) is 6.20 Å². The van der Waals surface area contributed by atoms with Crippen molar-refractivity contribution in [3.63, 3.8) is 0 Å². The van der Waals surface area contributed by atoms with Crippen LogP contribution >= 0.6 is 0 Å². The molecule has 1 aromatic rings. The van der Waals surface area contributed by atoms with Gasteiger partial charge in [-0.25, -0.2) is 0 Å². The van der Waals surface area contributed by atoms with E-state index in [1.807, 2.05) is 20.8 Å². The molecule has 0 aliphatic rings. The van der Waals surface area contributed by atoms with Gasteiger partial charge in [0.1, 0.15) is 7.85 Å². The van der Waals surface area contributed by atoms with Crippen LogP contribution in [0.3, 0.4) is 0 Å². The Labute approximate surface area is 88.6 Å². The second-order valence-electron chi connectivity index (χ2n) is 3.14. The number of rotatable bonds is 2. The van der Waals surface area contributed by atoms with E-state index in [4.69, 9.17) is 7.85 Å². The lowest BCUT2D eigenvalue weighted by molar-refractivity contribution is 0.809. The Balaban J connectivity index is 0.000000791. The van der Waals surface area contributed by atoms with Crippen LogP contribution in [0.2, 0.25) is 0 Å². The van der Waals surface area contributed by atoms with Gasteiger partial charge in [0, 0.05) is 11.8 Å². The van der Waals surface area contributed by atoms with E-state index >= 15 is 0 Å². The molecule has 0 fully saturated rings. The first kappa shape index (κ1) is 13.1. The summed E-state index contributed by atoms with van der Waals surface area (Å²) in [5.41, 5.74) is 2.42. The molecule has 76 valence electrons. The molecule has 1 rings (SSSR count). The molecule has 0 bridgehead atoms. The Morgan fingerprint density at radius 2 is 1.93 bits per heavy atom. The van der Waals surface area contributed by atoms with Gasteiger partial charge in [-0.05, 0) is 12.3 Å². The van der Waals surface area contributed by atoms with Crippen LogP contribution in [0.5, 0.6) is 0 Å². The van der Waals surface area contributed by atoms with E-state index in [1.165, 1.54) is 0 Å². The second kappa shape index (κ2) is 6.58. The maximum Gasteiger partial charge on any atom is 0.144 e. The summed E-state index contributed by atoms with van der Waals surface area (Å²) in [6.45, 7) is 10.2. The molecule has 0 aliphatic carbocycles. The van der Waals surface area contributed by atoms with E-state index in [9.17, 15) is 0 Å². The number of hydrogen-bond donors (Lipinski definition) is 0. The molecular formula is C11H19BN2. The van der Waals surface area contributed by atoms with Gasteiger partial charge in [0.05, 0.1) is 11.4 Å². The summed E-state index contributed by atoms with van der Waals surface area (Å²) in [5, 5.41) is 0. The zero-order valence-corrected chi connectivity index (χ0v) is 9.83. The number of nitrogens with zero attached hydrogens (tertiary/aromatic N) is 2. The molecule has 0 aliphatic heterocycles. The van der Waals surface area contributed by atoms with Crippen molar-refractivity contribution >= 4 is 13.4 Å². The molecule has 0 saturated heterocycles. The fourth-order valence-corrected chi connectivity index (χ4v) is 0.993. The first-order chi connectivity index (χ1) is 6.65. The van der Waals surface area contributed by atoms with Crippen molar-refractivity contribution in [2.24, 2.45) is 0 Å². The highest BCUT2D eigenvalue weighted by Crippen LogP contribution is 2.07. The Morgan fingerprint density at radius 1 is 1.36 bits per heavy atom. The summed E-state index contributed by atoms with van der Waals surface area (Å²) in [5.74, 6) is 0.394. The number of aryl methyl sites for hydroxylation is 1. The molecule has 3 heteroatoms. The molecule has 14 heavy (non-hydrogen) atoms. The lowest BCUT2D eigenvalue weighted by Gasteiger charge is -2.07. The van der Waals surface area contributed by atoms with Crippen LogP contribution < -0.4 is 5.59 Å². The topological polar surface area (TPSA) is 25.8 Å². The van der Waals surface area contributed by atoms with E-state index in [0.717, 1.165) is 17.8 Å². The number of hydrogen-bond acceptors (Lipinski definition) is 2. The van der Waals surface area contributed by atoms with Crippen molar-refractivity contribution in [2.75, 3.05) is 0 Å². The average Bonchev–Trinajstić information content (AvgIpc) is 2.20. The highest BCUT2D eigenvalue weighted by molar-refractivity contribution is 6.31. The molecule has 0 aromatic carbocycles. The summed E-state index contributed by atoms with van der Waals surface area (Å²) in [6.07, 6.45) is 2.65. The van der Waals surface area contributed by atoms with Crippen LogP contribution in [0.25, 0.3) is 0 Å². The van der Waals surface area contributed by atoms with Gasteiger partial charge in [-0.1, -0.05) is 34.6 Å². The molecule has 0 unspecified atom stereocenters. The normalized spacial score (nSPS) is 9.57. The van der Waals surface area contributed by atoms with E-state index in [2.05, 4.69) is 23.8 Å². The van der Waals surface area contributed by atoms with Crippen LogP contribution in [-0.4, -0.2) is 17.8 Å². The van der Waals surface area contributed by atoms with Gasteiger partial charge in [0.15, 0.2) is 0 Å². The van der Waals surface area contributed by atoms with Gasteiger partial charge in [0.2, 0.25) is 0 Å². The van der Waals surface area contributed by atoms with Gasteiger partial charge < -0.3 is 0 Å². The molecule has 0 atom stereocenters. The quantitative estimate of drug-likeness (QED) is 0.666. The summed E-state index contributed by atoms with van der Waals surface area (Å²) in [6, 6.07) is 0. The largest absolute Gasteiger partial charge is 0.266 e. The Kier molecular flexibility index (Phi) is 6.18. The third kappa shape index (κ3) is 3.48. The lowest BCUT2D eigenvalue weighted by atomic mass is 9.99. The highest BCUT2D eigenvalue weighted by Gasteiger charge is 2.03. The first-order valence-corrected chi connectivity index (χ1v) is 5.26. The maximum atomic E-state index is 5.70. The second-order valence-corrected chi connectivity index (χ2v) is 3.14. The standard InChI is InChI=1S/C9H13BN2.C2H6/c1-4-7-9(10)12-8(5-11-7)6(2)3;1-2/h5-6H,4H2,1-3H3;1-2H3. The smallest absolute Gasteiger partial charge is 0.144 e. The first-order valence-electron chi connectivity index (χ1n) is 5.26. The minimum Gasteiger partial charge on any atom is -0.266 e. The van der Waals surface area contributed by atoms with Gasteiger partial charge >= 0.3 is 0 Å². The molecule has 1 heterocycles. The van der Waals surface area contributed by atoms with Crippen LogP contribution in [0.4, 0.5) is 0 Å². The van der Waals surface area contributed by atoms with Crippen molar-refractivity contribution in [3.8, 4) is 0 Å². The Hall–Kier alpha value is -0.855. The predicted molar refractivity (Wildman–Crippen MR) is 62.2 cm³/mol. The Morgan fingerprint density at radius 3 is 2.29 bits per heavy atom. The van der Waals surface area contributed by atoms with Gasteiger partial charge in [-0.3, -0.25) is 9.97 Å². The lowest BCUT2D eigenvalue weighted by Crippen LogP contribution is -2.18. The molecular weight excluding hydrogens is 171 g/mol. The molecule has 2 nitrogen and oxygen atoms in total.